The molecule has 0 aliphatic carbocycles. The van der Waals surface area contributed by atoms with Crippen molar-refractivity contribution in [2.24, 2.45) is 5.92 Å². The summed E-state index contributed by atoms with van der Waals surface area (Å²) in [6.45, 7) is 3.91. The standard InChI is InChI=1S/C12H16N2O4/c1-3-8(2)6-12(16)13-10-7-9(14(17)18)4-5-11(10)15/h4-5,7-8,15H,3,6H2,1-2H3,(H,13,16). The Balaban J connectivity index is 2.80. The van der Waals surface area contributed by atoms with Crippen molar-refractivity contribution in [2.75, 3.05) is 5.32 Å². The highest BCUT2D eigenvalue weighted by atomic mass is 16.6. The third-order valence-corrected chi connectivity index (χ3v) is 2.70. The average molecular weight is 252 g/mol. The Morgan fingerprint density at radius 1 is 1.56 bits per heavy atom. The van der Waals surface area contributed by atoms with Crippen molar-refractivity contribution in [3.8, 4) is 5.75 Å². The summed E-state index contributed by atoms with van der Waals surface area (Å²) in [6.07, 6.45) is 1.19. The molecule has 2 N–H and O–H groups in total. The minimum Gasteiger partial charge on any atom is -0.506 e. The largest absolute Gasteiger partial charge is 0.506 e. The number of carbonyl (C=O) groups excluding carboxylic acids is 1. The van der Waals surface area contributed by atoms with Gasteiger partial charge in [-0.3, -0.25) is 14.9 Å². The molecule has 0 saturated carbocycles. The molecule has 1 unspecified atom stereocenters. The van der Waals surface area contributed by atoms with E-state index in [1.807, 2.05) is 13.8 Å². The van der Waals surface area contributed by atoms with E-state index in [0.29, 0.717) is 6.42 Å². The summed E-state index contributed by atoms with van der Waals surface area (Å²) in [4.78, 5) is 21.6. The second kappa shape index (κ2) is 6.00. The van der Waals surface area contributed by atoms with Gasteiger partial charge in [0.05, 0.1) is 10.6 Å². The molecule has 18 heavy (non-hydrogen) atoms. The van der Waals surface area contributed by atoms with E-state index in [0.717, 1.165) is 12.5 Å². The molecule has 1 aromatic rings. The van der Waals surface area contributed by atoms with Gasteiger partial charge in [-0.05, 0) is 12.0 Å². The molecule has 0 aromatic heterocycles. The Hall–Kier alpha value is -2.11. The first kappa shape index (κ1) is 14.0. The zero-order valence-corrected chi connectivity index (χ0v) is 10.3. The van der Waals surface area contributed by atoms with Gasteiger partial charge >= 0.3 is 0 Å². The normalized spacial score (nSPS) is 11.9. The fourth-order valence-corrected chi connectivity index (χ4v) is 1.40. The van der Waals surface area contributed by atoms with Crippen molar-refractivity contribution in [2.45, 2.75) is 26.7 Å². The maximum Gasteiger partial charge on any atom is 0.271 e. The lowest BCUT2D eigenvalue weighted by Gasteiger charge is -2.10. The number of rotatable bonds is 5. The molecule has 0 saturated heterocycles. The summed E-state index contributed by atoms with van der Waals surface area (Å²) in [5.74, 6) is -0.218. The highest BCUT2D eigenvalue weighted by Gasteiger charge is 2.13. The van der Waals surface area contributed by atoms with E-state index < -0.39 is 4.92 Å². The number of carbonyl (C=O) groups is 1. The predicted octanol–water partition coefficient (Wildman–Crippen LogP) is 2.68. The maximum absolute atomic E-state index is 11.6. The van der Waals surface area contributed by atoms with Crippen LogP contribution in [0.2, 0.25) is 0 Å². The van der Waals surface area contributed by atoms with Crippen LogP contribution in [0.3, 0.4) is 0 Å². The van der Waals surface area contributed by atoms with Crippen LogP contribution < -0.4 is 5.32 Å². The van der Waals surface area contributed by atoms with Crippen LogP contribution in [-0.2, 0) is 4.79 Å². The molecule has 0 aliphatic rings. The zero-order valence-electron chi connectivity index (χ0n) is 10.3. The average Bonchev–Trinajstić information content (AvgIpc) is 2.31. The van der Waals surface area contributed by atoms with Crippen LogP contribution in [0.25, 0.3) is 0 Å². The van der Waals surface area contributed by atoms with E-state index >= 15 is 0 Å². The molecular formula is C12H16N2O4. The van der Waals surface area contributed by atoms with Crippen molar-refractivity contribution >= 4 is 17.3 Å². The summed E-state index contributed by atoms with van der Waals surface area (Å²) in [5, 5.41) is 22.6. The van der Waals surface area contributed by atoms with Crippen LogP contribution in [0.5, 0.6) is 5.75 Å². The molecule has 1 atom stereocenters. The van der Waals surface area contributed by atoms with E-state index in [2.05, 4.69) is 5.32 Å². The molecule has 0 radical (unpaired) electrons. The van der Waals surface area contributed by atoms with Gasteiger partial charge in [0.2, 0.25) is 5.91 Å². The first-order valence-corrected chi connectivity index (χ1v) is 5.71. The fraction of sp³-hybridized carbons (Fsp3) is 0.417. The number of phenolic OH excluding ortho intramolecular Hbond substituents is 1. The van der Waals surface area contributed by atoms with Gasteiger partial charge in [-0.25, -0.2) is 0 Å². The lowest BCUT2D eigenvalue weighted by atomic mass is 10.0. The lowest BCUT2D eigenvalue weighted by molar-refractivity contribution is -0.384. The predicted molar refractivity (Wildman–Crippen MR) is 67.5 cm³/mol. The highest BCUT2D eigenvalue weighted by molar-refractivity contribution is 5.92. The molecule has 6 heteroatoms. The quantitative estimate of drug-likeness (QED) is 0.478. The Kier molecular flexibility index (Phi) is 4.65. The van der Waals surface area contributed by atoms with E-state index in [1.165, 1.54) is 12.1 Å². The van der Waals surface area contributed by atoms with E-state index in [9.17, 15) is 20.0 Å². The number of hydrogen-bond acceptors (Lipinski definition) is 4. The van der Waals surface area contributed by atoms with Gasteiger partial charge in [-0.1, -0.05) is 20.3 Å². The number of aromatic hydroxyl groups is 1. The Labute approximate surface area is 105 Å². The summed E-state index contributed by atoms with van der Waals surface area (Å²) in [5.41, 5.74) is -0.107. The molecule has 0 fully saturated rings. The molecular weight excluding hydrogens is 236 g/mol. The minimum atomic E-state index is -0.580. The number of nitrogens with zero attached hydrogens (tertiary/aromatic N) is 1. The first-order valence-electron chi connectivity index (χ1n) is 5.71. The van der Waals surface area contributed by atoms with Gasteiger partial charge in [0.25, 0.3) is 5.69 Å². The van der Waals surface area contributed by atoms with E-state index in [-0.39, 0.29) is 28.9 Å². The van der Waals surface area contributed by atoms with Crippen molar-refractivity contribution < 1.29 is 14.8 Å². The monoisotopic (exact) mass is 252 g/mol. The maximum atomic E-state index is 11.6. The van der Waals surface area contributed by atoms with Gasteiger partial charge in [0.1, 0.15) is 5.75 Å². The SMILES string of the molecule is CCC(C)CC(=O)Nc1cc([N+](=O)[O-])ccc1O. The number of amides is 1. The Morgan fingerprint density at radius 3 is 2.78 bits per heavy atom. The van der Waals surface area contributed by atoms with Crippen LogP contribution in [0.1, 0.15) is 26.7 Å². The molecule has 0 heterocycles. The zero-order chi connectivity index (χ0) is 13.7. The van der Waals surface area contributed by atoms with Crippen LogP contribution in [0, 0.1) is 16.0 Å². The van der Waals surface area contributed by atoms with Crippen molar-refractivity contribution in [1.29, 1.82) is 0 Å². The number of nitro groups is 1. The minimum absolute atomic E-state index is 0.0671. The van der Waals surface area contributed by atoms with Crippen LogP contribution in [0.15, 0.2) is 18.2 Å². The summed E-state index contributed by atoms with van der Waals surface area (Å²) in [6, 6.07) is 3.51. The topological polar surface area (TPSA) is 92.5 Å². The third kappa shape index (κ3) is 3.73. The molecule has 0 spiro atoms. The first-order chi connectivity index (χ1) is 8.43. The van der Waals surface area contributed by atoms with Gasteiger partial charge in [0, 0.05) is 18.6 Å². The van der Waals surface area contributed by atoms with Gasteiger partial charge < -0.3 is 10.4 Å². The summed E-state index contributed by atoms with van der Waals surface area (Å²) >= 11 is 0. The van der Waals surface area contributed by atoms with Crippen molar-refractivity contribution in [3.63, 3.8) is 0 Å². The molecule has 1 rings (SSSR count). The molecule has 98 valence electrons. The molecule has 0 bridgehead atoms. The second-order valence-corrected chi connectivity index (χ2v) is 4.22. The van der Waals surface area contributed by atoms with Gasteiger partial charge in [0.15, 0.2) is 0 Å². The fourth-order valence-electron chi connectivity index (χ4n) is 1.40. The van der Waals surface area contributed by atoms with Gasteiger partial charge in [-0.2, -0.15) is 0 Å². The number of nitro benzene ring substituents is 1. The third-order valence-electron chi connectivity index (χ3n) is 2.70. The Morgan fingerprint density at radius 2 is 2.22 bits per heavy atom. The highest BCUT2D eigenvalue weighted by Crippen LogP contribution is 2.28. The molecule has 6 nitrogen and oxygen atoms in total. The summed E-state index contributed by atoms with van der Waals surface area (Å²) in [7, 11) is 0. The number of hydrogen-bond donors (Lipinski definition) is 2. The Bertz CT molecular complexity index is 459. The van der Waals surface area contributed by atoms with Crippen molar-refractivity contribution in [1.82, 2.24) is 0 Å². The smallest absolute Gasteiger partial charge is 0.271 e. The van der Waals surface area contributed by atoms with Crippen LogP contribution in [-0.4, -0.2) is 15.9 Å². The number of phenols is 1. The lowest BCUT2D eigenvalue weighted by Crippen LogP contribution is -2.15. The van der Waals surface area contributed by atoms with Gasteiger partial charge in [-0.15, -0.1) is 0 Å². The molecule has 1 amide bonds. The van der Waals surface area contributed by atoms with Crippen LogP contribution >= 0.6 is 0 Å². The molecule has 0 aliphatic heterocycles. The van der Waals surface area contributed by atoms with E-state index in [4.69, 9.17) is 0 Å². The molecule has 1 aromatic carbocycles. The van der Waals surface area contributed by atoms with Crippen LogP contribution in [0.4, 0.5) is 11.4 Å². The number of nitrogens with one attached hydrogen (secondary N) is 1. The van der Waals surface area contributed by atoms with E-state index in [1.54, 1.807) is 0 Å². The number of non-ortho nitro benzene ring substituents is 1. The summed E-state index contributed by atoms with van der Waals surface area (Å²) < 4.78 is 0. The van der Waals surface area contributed by atoms with Crippen molar-refractivity contribution in [3.05, 3.63) is 28.3 Å². The number of anilines is 1. The number of benzene rings is 1. The second-order valence-electron chi connectivity index (χ2n) is 4.22.